The number of nitrogens with zero attached hydrogens (tertiary/aromatic N) is 1. The number of likely N-dealkylation sites (tertiary alicyclic amines) is 1. The molecule has 0 aromatic heterocycles. The molecule has 0 bridgehead atoms. The van der Waals surface area contributed by atoms with E-state index in [0.717, 1.165) is 38.8 Å². The van der Waals surface area contributed by atoms with Crippen LogP contribution < -0.4 is 14.5 Å². The van der Waals surface area contributed by atoms with Crippen LogP contribution in [-0.2, 0) is 9.59 Å². The molecule has 3 rings (SSSR count). The lowest BCUT2D eigenvalue weighted by atomic mass is 10.1. The number of imide groups is 1. The topological polar surface area (TPSA) is 51.0 Å². The molecule has 2 amide bonds. The molecule has 0 unspecified atom stereocenters. The van der Waals surface area contributed by atoms with Gasteiger partial charge in [0.15, 0.2) is 6.04 Å². The lowest BCUT2D eigenvalue weighted by Crippen LogP contribution is -3.17. The molecule has 0 radical (unpaired) electrons. The first-order chi connectivity index (χ1) is 11.7. The highest BCUT2D eigenvalue weighted by Gasteiger charge is 2.46. The Bertz CT molecular complexity index is 596. The Balaban J connectivity index is 1.79. The molecule has 24 heavy (non-hydrogen) atoms. The zero-order chi connectivity index (χ0) is 16.9. The van der Waals surface area contributed by atoms with Gasteiger partial charge < -0.3 is 9.64 Å². The first-order valence-electron chi connectivity index (χ1n) is 9.15. The van der Waals surface area contributed by atoms with Crippen LogP contribution in [0.1, 0.15) is 45.4 Å². The number of hydrogen-bond donors (Lipinski definition) is 1. The number of ether oxygens (including phenoxy) is 1. The fourth-order valence-corrected chi connectivity index (χ4v) is 3.65. The van der Waals surface area contributed by atoms with E-state index in [4.69, 9.17) is 4.74 Å². The van der Waals surface area contributed by atoms with Gasteiger partial charge >= 0.3 is 0 Å². The number of hydrogen-bond acceptors (Lipinski definition) is 3. The van der Waals surface area contributed by atoms with Crippen molar-refractivity contribution < 1.29 is 19.2 Å². The number of amides is 2. The van der Waals surface area contributed by atoms with Crippen molar-refractivity contribution in [3.63, 3.8) is 0 Å². The summed E-state index contributed by atoms with van der Waals surface area (Å²) in [5.41, 5.74) is 0.600. The molecule has 0 spiro atoms. The van der Waals surface area contributed by atoms with Gasteiger partial charge in [-0.15, -0.1) is 0 Å². The van der Waals surface area contributed by atoms with Gasteiger partial charge in [0, 0.05) is 0 Å². The summed E-state index contributed by atoms with van der Waals surface area (Å²) >= 11 is 0. The molecule has 1 atom stereocenters. The molecule has 2 saturated heterocycles. The van der Waals surface area contributed by atoms with E-state index in [2.05, 4.69) is 6.92 Å². The van der Waals surface area contributed by atoms with Gasteiger partial charge in [-0.1, -0.05) is 25.5 Å². The molecule has 0 saturated carbocycles. The number of carbonyl (C=O) groups is 2. The van der Waals surface area contributed by atoms with Crippen LogP contribution in [0.4, 0.5) is 5.69 Å². The third kappa shape index (κ3) is 3.46. The lowest BCUT2D eigenvalue weighted by molar-refractivity contribution is -0.919. The number of quaternary nitrogens is 1. The van der Waals surface area contributed by atoms with Crippen LogP contribution in [0.15, 0.2) is 24.3 Å². The predicted molar refractivity (Wildman–Crippen MR) is 92.3 cm³/mol. The van der Waals surface area contributed by atoms with E-state index >= 15 is 0 Å². The van der Waals surface area contributed by atoms with Crippen LogP contribution in [0, 0.1) is 0 Å². The quantitative estimate of drug-likeness (QED) is 0.636. The largest absolute Gasteiger partial charge is 0.491 e. The highest BCUT2D eigenvalue weighted by Crippen LogP contribution is 2.31. The second-order valence-electron chi connectivity index (χ2n) is 6.71. The summed E-state index contributed by atoms with van der Waals surface area (Å²) in [6, 6.07) is 7.16. The SMILES string of the molecule is CCCCOc1ccccc1N1C(=O)C[C@@H]([NH+]2CCCCC2)C1=O. The van der Waals surface area contributed by atoms with Crippen LogP contribution in [0.25, 0.3) is 0 Å². The molecule has 5 nitrogen and oxygen atoms in total. The summed E-state index contributed by atoms with van der Waals surface area (Å²) in [4.78, 5) is 28.1. The summed E-state index contributed by atoms with van der Waals surface area (Å²) in [7, 11) is 0. The summed E-state index contributed by atoms with van der Waals surface area (Å²) in [5, 5.41) is 0. The first-order valence-corrected chi connectivity index (χ1v) is 9.15. The van der Waals surface area contributed by atoms with E-state index in [1.807, 2.05) is 24.3 Å². The summed E-state index contributed by atoms with van der Waals surface area (Å²) in [5.74, 6) is 0.458. The van der Waals surface area contributed by atoms with E-state index in [9.17, 15) is 9.59 Å². The zero-order valence-electron chi connectivity index (χ0n) is 14.4. The van der Waals surface area contributed by atoms with E-state index in [-0.39, 0.29) is 17.9 Å². The molecule has 1 aromatic rings. The van der Waals surface area contributed by atoms with Gasteiger partial charge in [0.2, 0.25) is 5.91 Å². The summed E-state index contributed by atoms with van der Waals surface area (Å²) in [6.07, 6.45) is 5.84. The Morgan fingerprint density at radius 2 is 1.92 bits per heavy atom. The van der Waals surface area contributed by atoms with Gasteiger partial charge in [0.25, 0.3) is 5.91 Å². The van der Waals surface area contributed by atoms with E-state index in [1.165, 1.54) is 16.2 Å². The Morgan fingerprint density at radius 3 is 2.67 bits per heavy atom. The Morgan fingerprint density at radius 1 is 1.17 bits per heavy atom. The van der Waals surface area contributed by atoms with Crippen molar-refractivity contribution in [2.45, 2.75) is 51.5 Å². The number of carbonyl (C=O) groups excluding carboxylic acids is 2. The van der Waals surface area contributed by atoms with Crippen LogP contribution in [0.5, 0.6) is 5.75 Å². The highest BCUT2D eigenvalue weighted by atomic mass is 16.5. The van der Waals surface area contributed by atoms with Gasteiger partial charge in [0.1, 0.15) is 5.75 Å². The van der Waals surface area contributed by atoms with Gasteiger partial charge in [-0.2, -0.15) is 0 Å². The van der Waals surface area contributed by atoms with Crippen molar-refractivity contribution >= 4 is 17.5 Å². The van der Waals surface area contributed by atoms with Crippen LogP contribution in [0.3, 0.4) is 0 Å². The minimum atomic E-state index is -0.221. The molecule has 2 heterocycles. The second-order valence-corrected chi connectivity index (χ2v) is 6.71. The second kappa shape index (κ2) is 7.79. The molecule has 130 valence electrons. The van der Waals surface area contributed by atoms with Gasteiger partial charge in [0.05, 0.1) is 31.8 Å². The third-order valence-corrected chi connectivity index (χ3v) is 5.00. The molecule has 2 aliphatic heterocycles. The van der Waals surface area contributed by atoms with Gasteiger partial charge in [-0.3, -0.25) is 9.59 Å². The van der Waals surface area contributed by atoms with Gasteiger partial charge in [-0.05, 0) is 37.8 Å². The smallest absolute Gasteiger partial charge is 0.292 e. The maximum atomic E-state index is 12.9. The van der Waals surface area contributed by atoms with E-state index in [1.54, 1.807) is 0 Å². The van der Waals surface area contributed by atoms with Gasteiger partial charge in [-0.25, -0.2) is 4.90 Å². The standard InChI is InChI=1S/C19H26N2O3/c1-2-3-13-24-17-10-6-5-9-15(17)21-18(22)14-16(19(21)23)20-11-7-4-8-12-20/h5-6,9-10,16H,2-4,7-8,11-14H2,1H3/p+1/t16-/m1/s1. The van der Waals surface area contributed by atoms with Crippen molar-refractivity contribution in [2.75, 3.05) is 24.6 Å². The van der Waals surface area contributed by atoms with E-state index < -0.39 is 0 Å². The average molecular weight is 331 g/mol. The fourth-order valence-electron chi connectivity index (χ4n) is 3.65. The minimum absolute atomic E-state index is 0.0663. The van der Waals surface area contributed by atoms with Crippen LogP contribution in [0.2, 0.25) is 0 Å². The van der Waals surface area contributed by atoms with Crippen LogP contribution in [-0.4, -0.2) is 37.6 Å². The minimum Gasteiger partial charge on any atom is -0.491 e. The predicted octanol–water partition coefficient (Wildman–Crippen LogP) is 1.57. The summed E-state index contributed by atoms with van der Waals surface area (Å²) < 4.78 is 5.81. The zero-order valence-corrected chi connectivity index (χ0v) is 14.4. The molecular weight excluding hydrogens is 304 g/mol. The van der Waals surface area contributed by atoms with Crippen molar-refractivity contribution in [3.8, 4) is 5.75 Å². The number of anilines is 1. The van der Waals surface area contributed by atoms with Crippen molar-refractivity contribution in [1.82, 2.24) is 0 Å². The molecule has 2 aliphatic rings. The molecule has 2 fully saturated rings. The fraction of sp³-hybridized carbons (Fsp3) is 0.579. The Hall–Kier alpha value is -1.88. The highest BCUT2D eigenvalue weighted by molar-refractivity contribution is 6.22. The number of rotatable bonds is 6. The molecule has 1 aromatic carbocycles. The Kier molecular flexibility index (Phi) is 5.51. The maximum Gasteiger partial charge on any atom is 0.292 e. The number of unbranched alkanes of at least 4 members (excludes halogenated alkanes) is 1. The number of piperidine rings is 1. The number of benzene rings is 1. The maximum absolute atomic E-state index is 12.9. The molecule has 1 N–H and O–H groups in total. The first kappa shape index (κ1) is 17.0. The van der Waals surface area contributed by atoms with Crippen molar-refractivity contribution in [2.24, 2.45) is 0 Å². The normalized spacial score (nSPS) is 22.2. The third-order valence-electron chi connectivity index (χ3n) is 5.00. The van der Waals surface area contributed by atoms with Crippen molar-refractivity contribution in [3.05, 3.63) is 24.3 Å². The molecule has 0 aliphatic carbocycles. The average Bonchev–Trinajstić information content (AvgIpc) is 2.91. The van der Waals surface area contributed by atoms with E-state index in [0.29, 0.717) is 24.5 Å². The lowest BCUT2D eigenvalue weighted by Gasteiger charge is -2.27. The van der Waals surface area contributed by atoms with Crippen LogP contribution >= 0.6 is 0 Å². The molecular formula is C19H27N2O3+. The number of para-hydroxylation sites is 2. The summed E-state index contributed by atoms with van der Waals surface area (Å²) in [6.45, 7) is 4.69. The van der Waals surface area contributed by atoms with Crippen molar-refractivity contribution in [1.29, 1.82) is 0 Å². The molecule has 5 heteroatoms. The monoisotopic (exact) mass is 331 g/mol. The number of nitrogens with one attached hydrogen (secondary N) is 1. The Labute approximate surface area is 143 Å².